The number of methoxy groups -OCH3 is 1. The number of ether oxygens (including phenoxy) is 2. The molecule has 0 aliphatic carbocycles. The maximum absolute atomic E-state index is 10.7. The molecular formula is C13H26O4Si. The predicted octanol–water partition coefficient (Wildman–Crippen LogP) is 3.74. The highest BCUT2D eigenvalue weighted by Gasteiger charge is 2.37. The van der Waals surface area contributed by atoms with Crippen LogP contribution in [0.25, 0.3) is 0 Å². The molecule has 0 saturated carbocycles. The van der Waals surface area contributed by atoms with E-state index in [1.54, 1.807) is 6.08 Å². The lowest BCUT2D eigenvalue weighted by Crippen LogP contribution is -2.42. The third-order valence-electron chi connectivity index (χ3n) is 3.16. The Morgan fingerprint density at radius 3 is 2.33 bits per heavy atom. The van der Waals surface area contributed by atoms with Crippen molar-refractivity contribution in [3.05, 3.63) is 12.2 Å². The minimum atomic E-state index is -1.74. The minimum Gasteiger partial charge on any atom is -0.438 e. The second-order valence-corrected chi connectivity index (χ2v) is 10.5. The Labute approximate surface area is 111 Å². The highest BCUT2D eigenvalue weighted by Crippen LogP contribution is 2.37. The van der Waals surface area contributed by atoms with Crippen LogP contribution in [0.5, 0.6) is 0 Å². The van der Waals surface area contributed by atoms with E-state index in [0.29, 0.717) is 0 Å². The van der Waals surface area contributed by atoms with Crippen LogP contribution in [0.1, 0.15) is 27.7 Å². The van der Waals surface area contributed by atoms with Crippen LogP contribution in [-0.4, -0.2) is 34.3 Å². The zero-order valence-electron chi connectivity index (χ0n) is 12.6. The molecule has 0 aromatic carbocycles. The minimum absolute atomic E-state index is 0.0205. The quantitative estimate of drug-likeness (QED) is 0.435. The van der Waals surface area contributed by atoms with E-state index < -0.39 is 14.5 Å². The van der Waals surface area contributed by atoms with Crippen LogP contribution in [0.3, 0.4) is 0 Å². The molecule has 1 atom stereocenters. The molecule has 106 valence electrons. The van der Waals surface area contributed by atoms with E-state index in [1.165, 1.54) is 7.11 Å². The van der Waals surface area contributed by atoms with E-state index in [4.69, 9.17) is 9.16 Å². The molecule has 18 heavy (non-hydrogen) atoms. The molecule has 0 aliphatic heterocycles. The summed E-state index contributed by atoms with van der Waals surface area (Å²) in [5.74, 6) is 0. The SMILES string of the molecule is COC(=O)OC/C=C\[C@H](C)O[Si](C)(C)C(C)(C)C. The van der Waals surface area contributed by atoms with Gasteiger partial charge in [0.25, 0.3) is 0 Å². The molecule has 0 heterocycles. The Kier molecular flexibility index (Phi) is 6.63. The molecule has 0 aromatic rings. The summed E-state index contributed by atoms with van der Waals surface area (Å²) in [7, 11) is -0.454. The normalized spacial score (nSPS) is 14.6. The predicted molar refractivity (Wildman–Crippen MR) is 75.2 cm³/mol. The fourth-order valence-electron chi connectivity index (χ4n) is 1.10. The molecule has 0 N–H and O–H groups in total. The summed E-state index contributed by atoms with van der Waals surface area (Å²) < 4.78 is 15.2. The average molecular weight is 274 g/mol. The summed E-state index contributed by atoms with van der Waals surface area (Å²) in [4.78, 5) is 10.7. The van der Waals surface area contributed by atoms with Crippen LogP contribution < -0.4 is 0 Å². The average Bonchev–Trinajstić information content (AvgIpc) is 2.21. The summed E-state index contributed by atoms with van der Waals surface area (Å²) in [5.41, 5.74) is 0. The molecule has 0 rings (SSSR count). The molecule has 0 amide bonds. The lowest BCUT2D eigenvalue weighted by Gasteiger charge is -2.37. The topological polar surface area (TPSA) is 44.8 Å². The van der Waals surface area contributed by atoms with Crippen molar-refractivity contribution in [2.75, 3.05) is 13.7 Å². The van der Waals surface area contributed by atoms with Crippen LogP contribution in [0.2, 0.25) is 18.1 Å². The number of hydrogen-bond acceptors (Lipinski definition) is 4. The van der Waals surface area contributed by atoms with Gasteiger partial charge in [0.05, 0.1) is 13.2 Å². The van der Waals surface area contributed by atoms with E-state index in [-0.39, 0.29) is 17.7 Å². The molecule has 5 heteroatoms. The summed E-state index contributed by atoms with van der Waals surface area (Å²) in [6, 6.07) is 0. The Balaban J connectivity index is 4.15. The van der Waals surface area contributed by atoms with Crippen LogP contribution in [0, 0.1) is 0 Å². The highest BCUT2D eigenvalue weighted by atomic mass is 28.4. The van der Waals surface area contributed by atoms with E-state index >= 15 is 0 Å². The van der Waals surface area contributed by atoms with Crippen molar-refractivity contribution in [1.29, 1.82) is 0 Å². The zero-order chi connectivity index (χ0) is 14.4. The van der Waals surface area contributed by atoms with Crippen molar-refractivity contribution in [3.8, 4) is 0 Å². The molecule has 0 bridgehead atoms. The van der Waals surface area contributed by atoms with Gasteiger partial charge < -0.3 is 13.9 Å². The van der Waals surface area contributed by atoms with E-state index in [2.05, 4.69) is 38.6 Å². The van der Waals surface area contributed by atoms with Gasteiger partial charge in [-0.15, -0.1) is 0 Å². The third kappa shape index (κ3) is 6.21. The van der Waals surface area contributed by atoms with Crippen LogP contribution in [0.4, 0.5) is 4.79 Å². The van der Waals surface area contributed by atoms with Crippen molar-refractivity contribution in [1.82, 2.24) is 0 Å². The first-order valence-electron chi connectivity index (χ1n) is 6.15. The third-order valence-corrected chi connectivity index (χ3v) is 7.73. The summed E-state index contributed by atoms with van der Waals surface area (Å²) in [6.07, 6.45) is 3.03. The van der Waals surface area contributed by atoms with Crippen molar-refractivity contribution in [2.24, 2.45) is 0 Å². The summed E-state index contributed by atoms with van der Waals surface area (Å²) >= 11 is 0. The number of hydrogen-bond donors (Lipinski definition) is 0. The largest absolute Gasteiger partial charge is 0.508 e. The van der Waals surface area contributed by atoms with Gasteiger partial charge in [-0.3, -0.25) is 0 Å². The smallest absolute Gasteiger partial charge is 0.438 e. The molecule has 4 nitrogen and oxygen atoms in total. The van der Waals surface area contributed by atoms with Gasteiger partial charge in [0.2, 0.25) is 0 Å². The molecule has 0 unspecified atom stereocenters. The summed E-state index contributed by atoms with van der Waals surface area (Å²) in [6.45, 7) is 13.2. The van der Waals surface area contributed by atoms with Crippen molar-refractivity contribution in [3.63, 3.8) is 0 Å². The number of rotatable bonds is 5. The van der Waals surface area contributed by atoms with Gasteiger partial charge in [-0.25, -0.2) is 4.79 Å². The number of carbonyl (C=O) groups is 1. The summed E-state index contributed by atoms with van der Waals surface area (Å²) in [5, 5.41) is 0.192. The maximum atomic E-state index is 10.7. The van der Waals surface area contributed by atoms with Crippen molar-refractivity contribution in [2.45, 2.75) is 51.9 Å². The maximum Gasteiger partial charge on any atom is 0.508 e. The fourth-order valence-corrected chi connectivity index (χ4v) is 2.46. The van der Waals surface area contributed by atoms with Gasteiger partial charge in [0.15, 0.2) is 8.32 Å². The zero-order valence-corrected chi connectivity index (χ0v) is 13.6. The molecule has 0 fully saturated rings. The molecular weight excluding hydrogens is 248 g/mol. The first-order valence-corrected chi connectivity index (χ1v) is 9.06. The van der Waals surface area contributed by atoms with Crippen molar-refractivity contribution >= 4 is 14.5 Å². The fraction of sp³-hybridized carbons (Fsp3) is 0.769. The van der Waals surface area contributed by atoms with Gasteiger partial charge in [0, 0.05) is 0 Å². The molecule has 0 radical (unpaired) electrons. The Hall–Kier alpha value is -0.813. The lowest BCUT2D eigenvalue weighted by atomic mass is 10.2. The molecule has 0 aromatic heterocycles. The highest BCUT2D eigenvalue weighted by molar-refractivity contribution is 6.74. The molecule has 0 saturated heterocycles. The van der Waals surface area contributed by atoms with E-state index in [9.17, 15) is 4.79 Å². The standard InChI is InChI=1S/C13H26O4Si/c1-11(9-8-10-16-12(14)15-5)17-18(6,7)13(2,3)4/h8-9,11H,10H2,1-7H3/b9-8-/t11-/m0/s1. The lowest BCUT2D eigenvalue weighted by molar-refractivity contribution is 0.0815. The van der Waals surface area contributed by atoms with Crippen molar-refractivity contribution < 1.29 is 18.7 Å². The Morgan fingerprint density at radius 1 is 1.33 bits per heavy atom. The molecule has 0 spiro atoms. The van der Waals surface area contributed by atoms with Gasteiger partial charge in [-0.05, 0) is 31.1 Å². The van der Waals surface area contributed by atoms with Gasteiger partial charge >= 0.3 is 6.16 Å². The first-order chi connectivity index (χ1) is 8.10. The van der Waals surface area contributed by atoms with Gasteiger partial charge in [-0.1, -0.05) is 26.8 Å². The second kappa shape index (κ2) is 6.94. The van der Waals surface area contributed by atoms with E-state index in [0.717, 1.165) is 0 Å². The van der Waals surface area contributed by atoms with Crippen LogP contribution in [0.15, 0.2) is 12.2 Å². The van der Waals surface area contributed by atoms with E-state index in [1.807, 2.05) is 13.0 Å². The monoisotopic (exact) mass is 274 g/mol. The second-order valence-electron chi connectivity index (χ2n) is 5.78. The Bertz CT molecular complexity index is 292. The van der Waals surface area contributed by atoms with Crippen LogP contribution >= 0.6 is 0 Å². The van der Waals surface area contributed by atoms with Crippen LogP contribution in [-0.2, 0) is 13.9 Å². The number of carbonyl (C=O) groups excluding carboxylic acids is 1. The first kappa shape index (κ1) is 17.2. The Morgan fingerprint density at radius 2 is 1.89 bits per heavy atom. The molecule has 0 aliphatic rings. The van der Waals surface area contributed by atoms with Gasteiger partial charge in [-0.2, -0.15) is 0 Å². The van der Waals surface area contributed by atoms with Gasteiger partial charge in [0.1, 0.15) is 6.61 Å².